The van der Waals surface area contributed by atoms with Gasteiger partial charge in [-0.15, -0.1) is 0 Å². The van der Waals surface area contributed by atoms with Gasteiger partial charge in [0, 0.05) is 5.69 Å². The van der Waals surface area contributed by atoms with Crippen LogP contribution in [0.25, 0.3) is 0 Å². The Morgan fingerprint density at radius 1 is 0.419 bits per heavy atom. The summed E-state index contributed by atoms with van der Waals surface area (Å²) in [5.41, 5.74) is -0.0995. The Kier molecular flexibility index (Phi) is 30.0. The minimum absolute atomic E-state index is 0.00558. The number of ether oxygens (including phenoxy) is 13. The molecule has 18 heteroatoms. The van der Waals surface area contributed by atoms with Gasteiger partial charge in [0.25, 0.3) is 0 Å². The molecule has 3 rings (SSSR count). The van der Waals surface area contributed by atoms with E-state index in [4.69, 9.17) is 61.6 Å². The van der Waals surface area contributed by atoms with Crippen LogP contribution in [-0.2, 0) is 63.0 Å². The van der Waals surface area contributed by atoms with E-state index >= 15 is 0 Å². The smallest absolute Gasteiger partial charge is 0.416 e. The standard InChI is InChI=1S/C44H62F3NO14/c45-44(46,47)38-7-6-8-39(37-38)48-42-12-5-4-11-41(42)43(49)62-36-34-60-32-30-58-28-26-56-24-22-54-20-18-52-16-14-50-13-15-51-17-19-53-21-23-55-25-27-57-29-31-59-33-35-61-40-9-2-1-3-10-40/h1-12,37,48H,13-36H2. The lowest BCUT2D eigenvalue weighted by molar-refractivity contribution is -0.137. The zero-order chi connectivity index (χ0) is 44.0. The molecule has 0 heterocycles. The molecule has 0 radical (unpaired) electrons. The van der Waals surface area contributed by atoms with Crippen molar-refractivity contribution in [3.8, 4) is 5.75 Å². The summed E-state index contributed by atoms with van der Waals surface area (Å²) in [4.78, 5) is 12.6. The largest absolute Gasteiger partial charge is 0.491 e. The Bertz CT molecular complexity index is 1530. The summed E-state index contributed by atoms with van der Waals surface area (Å²) in [5.74, 6) is 0.199. The maximum atomic E-state index is 13.1. The maximum Gasteiger partial charge on any atom is 0.416 e. The normalized spacial score (nSPS) is 11.5. The molecule has 62 heavy (non-hydrogen) atoms. The molecule has 0 fully saturated rings. The van der Waals surface area contributed by atoms with Gasteiger partial charge in [-0.2, -0.15) is 13.2 Å². The Balaban J connectivity index is 0.958. The van der Waals surface area contributed by atoms with Crippen molar-refractivity contribution in [2.45, 2.75) is 6.18 Å². The summed E-state index contributed by atoms with van der Waals surface area (Å²) in [5, 5.41) is 2.86. The quantitative estimate of drug-likeness (QED) is 0.0536. The Labute approximate surface area is 362 Å². The van der Waals surface area contributed by atoms with Crippen LogP contribution in [0, 0.1) is 0 Å². The predicted octanol–water partition coefficient (Wildman–Crippen LogP) is 5.87. The fraction of sp³-hybridized carbons (Fsp3) is 0.568. The highest BCUT2D eigenvalue weighted by molar-refractivity contribution is 5.96. The van der Waals surface area contributed by atoms with Gasteiger partial charge in [0.1, 0.15) is 19.0 Å². The first-order chi connectivity index (χ1) is 30.4. The summed E-state index contributed by atoms with van der Waals surface area (Å²) >= 11 is 0. The average molecular weight is 886 g/mol. The number of anilines is 2. The average Bonchev–Trinajstić information content (AvgIpc) is 3.27. The van der Waals surface area contributed by atoms with Crippen molar-refractivity contribution in [1.29, 1.82) is 0 Å². The van der Waals surface area contributed by atoms with Crippen LogP contribution in [0.5, 0.6) is 5.75 Å². The summed E-state index contributed by atoms with van der Waals surface area (Å²) < 4.78 is 110. The number of para-hydroxylation sites is 2. The molecule has 0 amide bonds. The van der Waals surface area contributed by atoms with Gasteiger partial charge in [0.15, 0.2) is 0 Å². The van der Waals surface area contributed by atoms with E-state index in [1.807, 2.05) is 30.3 Å². The number of rotatable bonds is 40. The van der Waals surface area contributed by atoms with Crippen molar-refractivity contribution < 1.29 is 79.5 Å². The minimum atomic E-state index is -4.48. The fourth-order valence-corrected chi connectivity index (χ4v) is 5.01. The molecule has 0 aliphatic rings. The van der Waals surface area contributed by atoms with E-state index in [1.165, 1.54) is 18.2 Å². The lowest BCUT2D eigenvalue weighted by Crippen LogP contribution is -2.16. The van der Waals surface area contributed by atoms with Crippen LogP contribution in [-0.4, -0.2) is 165 Å². The van der Waals surface area contributed by atoms with E-state index in [2.05, 4.69) is 5.32 Å². The molecule has 348 valence electrons. The number of hydrogen-bond donors (Lipinski definition) is 1. The molecule has 0 aliphatic carbocycles. The molecule has 0 spiro atoms. The van der Waals surface area contributed by atoms with Crippen LogP contribution in [0.15, 0.2) is 78.9 Å². The fourth-order valence-electron chi connectivity index (χ4n) is 5.01. The van der Waals surface area contributed by atoms with Gasteiger partial charge < -0.3 is 66.9 Å². The van der Waals surface area contributed by atoms with Crippen molar-refractivity contribution >= 4 is 17.3 Å². The van der Waals surface area contributed by atoms with E-state index in [0.29, 0.717) is 151 Å². The minimum Gasteiger partial charge on any atom is -0.491 e. The van der Waals surface area contributed by atoms with Crippen molar-refractivity contribution in [3.63, 3.8) is 0 Å². The Morgan fingerprint density at radius 2 is 0.790 bits per heavy atom. The zero-order valence-corrected chi connectivity index (χ0v) is 35.3. The lowest BCUT2D eigenvalue weighted by atomic mass is 10.1. The molecule has 0 aromatic heterocycles. The van der Waals surface area contributed by atoms with Gasteiger partial charge in [-0.25, -0.2) is 4.79 Å². The third-order valence-electron chi connectivity index (χ3n) is 8.04. The molecule has 0 unspecified atom stereocenters. The van der Waals surface area contributed by atoms with Crippen LogP contribution >= 0.6 is 0 Å². The molecule has 0 saturated heterocycles. The first-order valence-electron chi connectivity index (χ1n) is 20.7. The number of carbonyl (C=O) groups excluding carboxylic acids is 1. The second-order valence-corrected chi connectivity index (χ2v) is 12.8. The Morgan fingerprint density at radius 3 is 1.21 bits per heavy atom. The molecular formula is C44H62F3NO14. The summed E-state index contributed by atoms with van der Waals surface area (Å²) in [6.07, 6.45) is -4.48. The van der Waals surface area contributed by atoms with Crippen LogP contribution in [0.4, 0.5) is 24.5 Å². The molecule has 0 atom stereocenters. The third-order valence-corrected chi connectivity index (χ3v) is 8.04. The topological polar surface area (TPSA) is 149 Å². The number of alkyl halides is 3. The van der Waals surface area contributed by atoms with E-state index in [1.54, 1.807) is 18.2 Å². The second-order valence-electron chi connectivity index (χ2n) is 12.8. The molecule has 3 aromatic carbocycles. The number of halogens is 3. The van der Waals surface area contributed by atoms with Crippen LogP contribution < -0.4 is 10.1 Å². The molecular weight excluding hydrogens is 823 g/mol. The van der Waals surface area contributed by atoms with Gasteiger partial charge in [0.2, 0.25) is 0 Å². The molecule has 3 aromatic rings. The van der Waals surface area contributed by atoms with E-state index in [9.17, 15) is 18.0 Å². The van der Waals surface area contributed by atoms with E-state index < -0.39 is 17.7 Å². The first-order valence-corrected chi connectivity index (χ1v) is 20.7. The van der Waals surface area contributed by atoms with Gasteiger partial charge >= 0.3 is 12.1 Å². The van der Waals surface area contributed by atoms with Crippen LogP contribution in [0.2, 0.25) is 0 Å². The van der Waals surface area contributed by atoms with Crippen LogP contribution in [0.3, 0.4) is 0 Å². The molecule has 0 bridgehead atoms. The number of esters is 1. The van der Waals surface area contributed by atoms with E-state index in [-0.39, 0.29) is 24.5 Å². The number of benzene rings is 3. The monoisotopic (exact) mass is 885 g/mol. The predicted molar refractivity (Wildman–Crippen MR) is 222 cm³/mol. The first kappa shape index (κ1) is 52.4. The SMILES string of the molecule is O=C(OCCOCCOCCOCCOCCOCCOCCOCCOCCOCCOCCOCCOc1ccccc1)c1ccccc1Nc1cccc(C(F)(F)F)c1. The zero-order valence-electron chi connectivity index (χ0n) is 35.3. The molecule has 1 N–H and O–H groups in total. The summed E-state index contributed by atoms with van der Waals surface area (Å²) in [6.45, 7) is 10.1. The molecule has 0 aliphatic heterocycles. The van der Waals surface area contributed by atoms with Gasteiger partial charge in [-0.1, -0.05) is 36.4 Å². The number of nitrogens with one attached hydrogen (secondary N) is 1. The highest BCUT2D eigenvalue weighted by atomic mass is 19.4. The highest BCUT2D eigenvalue weighted by Crippen LogP contribution is 2.32. The van der Waals surface area contributed by atoms with Crippen molar-refractivity contribution in [2.24, 2.45) is 0 Å². The summed E-state index contributed by atoms with van der Waals surface area (Å²) in [6, 6.07) is 20.8. The van der Waals surface area contributed by atoms with Crippen molar-refractivity contribution in [2.75, 3.05) is 164 Å². The highest BCUT2D eigenvalue weighted by Gasteiger charge is 2.30. The Hall–Kier alpha value is -3.92. The lowest BCUT2D eigenvalue weighted by Gasteiger charge is -2.13. The second kappa shape index (κ2) is 35.5. The number of carbonyl (C=O) groups is 1. The van der Waals surface area contributed by atoms with Gasteiger partial charge in [0.05, 0.1) is 162 Å². The third kappa shape index (κ3) is 27.2. The summed E-state index contributed by atoms with van der Waals surface area (Å²) in [7, 11) is 0. The molecule has 0 saturated carbocycles. The van der Waals surface area contributed by atoms with Crippen molar-refractivity contribution in [3.05, 3.63) is 90.0 Å². The number of hydrogen-bond acceptors (Lipinski definition) is 15. The molecule has 15 nitrogen and oxygen atoms in total. The van der Waals surface area contributed by atoms with Crippen LogP contribution in [0.1, 0.15) is 15.9 Å². The van der Waals surface area contributed by atoms with Crippen molar-refractivity contribution in [1.82, 2.24) is 0 Å². The van der Waals surface area contributed by atoms with Gasteiger partial charge in [-0.05, 0) is 42.5 Å². The van der Waals surface area contributed by atoms with E-state index in [0.717, 1.165) is 17.9 Å². The van der Waals surface area contributed by atoms with Gasteiger partial charge in [-0.3, -0.25) is 0 Å². The maximum absolute atomic E-state index is 13.1.